The highest BCUT2D eigenvalue weighted by Gasteiger charge is 2.19. The molecule has 6 nitrogen and oxygen atoms in total. The maximum absolute atomic E-state index is 12.8. The van der Waals surface area contributed by atoms with Crippen LogP contribution in [0, 0.1) is 0 Å². The van der Waals surface area contributed by atoms with Crippen LogP contribution in [-0.2, 0) is 28.6 Å². The summed E-state index contributed by atoms with van der Waals surface area (Å²) >= 11 is 0. The largest absolute Gasteiger partial charge is 0.462 e. The molecule has 0 heterocycles. The van der Waals surface area contributed by atoms with Gasteiger partial charge in [0.1, 0.15) is 13.2 Å². The molecule has 0 rings (SSSR count). The molecule has 0 aromatic carbocycles. The molecule has 1 atom stereocenters. The smallest absolute Gasteiger partial charge is 0.306 e. The number of carbonyl (C=O) groups is 3. The lowest BCUT2D eigenvalue weighted by molar-refractivity contribution is -0.167. The Labute approximate surface area is 381 Å². The summed E-state index contributed by atoms with van der Waals surface area (Å²) in [5.74, 6) is -0.933. The number of hydrogen-bond acceptors (Lipinski definition) is 6. The van der Waals surface area contributed by atoms with Gasteiger partial charge in [0, 0.05) is 19.3 Å². The average molecular weight is 861 g/mol. The molecule has 352 valence electrons. The van der Waals surface area contributed by atoms with Crippen LogP contribution in [0.4, 0.5) is 0 Å². The fraction of sp³-hybridized carbons (Fsp3) is 0.661. The van der Waals surface area contributed by atoms with E-state index >= 15 is 0 Å². The van der Waals surface area contributed by atoms with Gasteiger partial charge < -0.3 is 14.2 Å². The molecule has 62 heavy (non-hydrogen) atoms. The van der Waals surface area contributed by atoms with Crippen molar-refractivity contribution < 1.29 is 28.6 Å². The first-order valence-electron chi connectivity index (χ1n) is 25.3. The summed E-state index contributed by atoms with van der Waals surface area (Å²) in [4.78, 5) is 37.9. The van der Waals surface area contributed by atoms with Crippen molar-refractivity contribution in [1.82, 2.24) is 0 Å². The third-order valence-electron chi connectivity index (χ3n) is 10.5. The summed E-state index contributed by atoms with van der Waals surface area (Å²) in [6.07, 6.45) is 65.2. The van der Waals surface area contributed by atoms with Crippen molar-refractivity contribution in [2.75, 3.05) is 13.2 Å². The molecule has 0 fully saturated rings. The first-order chi connectivity index (χ1) is 30.5. The third-order valence-corrected chi connectivity index (χ3v) is 10.5. The Hall–Kier alpha value is -3.67. The van der Waals surface area contributed by atoms with Gasteiger partial charge in [-0.05, 0) is 57.8 Å². The van der Waals surface area contributed by atoms with Gasteiger partial charge in [0.15, 0.2) is 6.10 Å². The molecule has 0 N–H and O–H groups in total. The topological polar surface area (TPSA) is 78.9 Å². The van der Waals surface area contributed by atoms with E-state index in [1.807, 2.05) is 24.3 Å². The standard InChI is InChI=1S/C56H92O6/c1-4-7-10-13-16-19-22-24-26-27-28-30-31-34-37-40-43-46-49-55(58)61-52-53(51-60-54(57)48-45-42-39-36-33-21-18-15-12-9-6-3)62-56(59)50-47-44-41-38-35-32-29-25-23-20-17-14-11-8-5-2/h8,10-11,13-14,16-17,19-20,22-24,26-28,30,53H,4-7,9,12,15,18,21,25,29,31-52H2,1-3H3/b11-8-,13-10-,17-14-,19-16-,23-20-,24-22-,27-26-,30-28-. The van der Waals surface area contributed by atoms with Gasteiger partial charge in [-0.15, -0.1) is 0 Å². The summed E-state index contributed by atoms with van der Waals surface area (Å²) in [6.45, 7) is 6.37. The second-order valence-electron chi connectivity index (χ2n) is 16.5. The van der Waals surface area contributed by atoms with Crippen LogP contribution in [0.25, 0.3) is 0 Å². The van der Waals surface area contributed by atoms with Crippen molar-refractivity contribution in [2.24, 2.45) is 0 Å². The number of esters is 3. The minimum atomic E-state index is -0.793. The lowest BCUT2D eigenvalue weighted by Crippen LogP contribution is -2.30. The molecule has 0 radical (unpaired) electrons. The van der Waals surface area contributed by atoms with Crippen LogP contribution >= 0.6 is 0 Å². The summed E-state index contributed by atoms with van der Waals surface area (Å²) in [7, 11) is 0. The van der Waals surface area contributed by atoms with Crippen molar-refractivity contribution in [3.05, 3.63) is 97.2 Å². The minimum Gasteiger partial charge on any atom is -0.462 e. The lowest BCUT2D eigenvalue weighted by atomic mass is 10.1. The maximum atomic E-state index is 12.8. The zero-order valence-corrected chi connectivity index (χ0v) is 40.1. The molecular weight excluding hydrogens is 769 g/mol. The van der Waals surface area contributed by atoms with Crippen molar-refractivity contribution in [2.45, 2.75) is 226 Å². The summed E-state index contributed by atoms with van der Waals surface area (Å²) in [5.41, 5.74) is 0. The molecule has 0 aliphatic heterocycles. The van der Waals surface area contributed by atoms with Gasteiger partial charge in [-0.3, -0.25) is 14.4 Å². The van der Waals surface area contributed by atoms with E-state index in [4.69, 9.17) is 14.2 Å². The number of carbonyl (C=O) groups excluding carboxylic acids is 3. The molecule has 0 aliphatic rings. The van der Waals surface area contributed by atoms with Crippen LogP contribution in [0.2, 0.25) is 0 Å². The summed E-state index contributed by atoms with van der Waals surface area (Å²) in [6, 6.07) is 0. The van der Waals surface area contributed by atoms with E-state index < -0.39 is 6.10 Å². The number of allylic oxidation sites excluding steroid dienone is 16. The van der Waals surface area contributed by atoms with Gasteiger partial charge in [-0.2, -0.15) is 0 Å². The van der Waals surface area contributed by atoms with Crippen LogP contribution < -0.4 is 0 Å². The van der Waals surface area contributed by atoms with Crippen LogP contribution in [0.5, 0.6) is 0 Å². The van der Waals surface area contributed by atoms with E-state index in [-0.39, 0.29) is 31.1 Å². The number of rotatable bonds is 44. The Balaban J connectivity index is 4.45. The second-order valence-corrected chi connectivity index (χ2v) is 16.5. The molecule has 0 bridgehead atoms. The van der Waals surface area contributed by atoms with Gasteiger partial charge >= 0.3 is 17.9 Å². The summed E-state index contributed by atoms with van der Waals surface area (Å²) < 4.78 is 16.8. The van der Waals surface area contributed by atoms with Gasteiger partial charge in [0.2, 0.25) is 0 Å². The minimum absolute atomic E-state index is 0.0907. The average Bonchev–Trinajstić information content (AvgIpc) is 3.27. The van der Waals surface area contributed by atoms with Crippen molar-refractivity contribution in [1.29, 1.82) is 0 Å². The summed E-state index contributed by atoms with van der Waals surface area (Å²) in [5, 5.41) is 0. The Morgan fingerprint density at radius 2 is 0.661 bits per heavy atom. The molecule has 0 spiro atoms. The molecule has 6 heteroatoms. The normalized spacial score (nSPS) is 12.9. The van der Waals surface area contributed by atoms with E-state index in [0.29, 0.717) is 19.3 Å². The Morgan fingerprint density at radius 3 is 1.05 bits per heavy atom. The van der Waals surface area contributed by atoms with E-state index in [9.17, 15) is 14.4 Å². The zero-order valence-electron chi connectivity index (χ0n) is 40.1. The number of unbranched alkanes of at least 4 members (excludes halogenated alkanes) is 23. The van der Waals surface area contributed by atoms with E-state index in [1.165, 1.54) is 77.0 Å². The molecule has 1 unspecified atom stereocenters. The monoisotopic (exact) mass is 861 g/mol. The van der Waals surface area contributed by atoms with Crippen molar-refractivity contribution in [3.63, 3.8) is 0 Å². The Bertz CT molecular complexity index is 1260. The Morgan fingerprint density at radius 1 is 0.339 bits per heavy atom. The van der Waals surface area contributed by atoms with Gasteiger partial charge in [-0.1, -0.05) is 240 Å². The third kappa shape index (κ3) is 47.4. The van der Waals surface area contributed by atoms with Gasteiger partial charge in [0.05, 0.1) is 0 Å². The predicted octanol–water partition coefficient (Wildman–Crippen LogP) is 16.6. The SMILES string of the molecule is CC\C=C/C=C\C=C/CCCCCCCCCC(=O)OC(COC(=O)CCCCCCC\C=C/C=C\C=C/C=C\C=C/CCC)COC(=O)CCCCCCCCCCCCC. The number of hydrogen-bond donors (Lipinski definition) is 0. The number of ether oxygens (including phenoxy) is 3. The predicted molar refractivity (Wildman–Crippen MR) is 265 cm³/mol. The highest BCUT2D eigenvalue weighted by atomic mass is 16.6. The molecule has 0 saturated carbocycles. The zero-order chi connectivity index (χ0) is 45.1. The highest BCUT2D eigenvalue weighted by molar-refractivity contribution is 5.71. The van der Waals surface area contributed by atoms with Crippen LogP contribution in [0.15, 0.2) is 97.2 Å². The maximum Gasteiger partial charge on any atom is 0.306 e. The first kappa shape index (κ1) is 58.3. The van der Waals surface area contributed by atoms with E-state index in [1.54, 1.807) is 0 Å². The van der Waals surface area contributed by atoms with Crippen molar-refractivity contribution in [3.8, 4) is 0 Å². The quantitative estimate of drug-likeness (QED) is 0.0263. The molecule has 0 saturated heterocycles. The first-order valence-corrected chi connectivity index (χ1v) is 25.3. The van der Waals surface area contributed by atoms with Crippen LogP contribution in [0.3, 0.4) is 0 Å². The van der Waals surface area contributed by atoms with Crippen LogP contribution in [-0.4, -0.2) is 37.2 Å². The fourth-order valence-corrected chi connectivity index (χ4v) is 6.71. The molecule has 0 aliphatic carbocycles. The fourth-order valence-electron chi connectivity index (χ4n) is 6.71. The molecule has 0 aromatic heterocycles. The van der Waals surface area contributed by atoms with E-state index in [0.717, 1.165) is 103 Å². The Kier molecular flexibility index (Phi) is 47.0. The molecule has 0 aromatic rings. The molecule has 0 amide bonds. The second kappa shape index (κ2) is 50.0. The van der Waals surface area contributed by atoms with E-state index in [2.05, 4.69) is 93.7 Å². The van der Waals surface area contributed by atoms with Crippen LogP contribution in [0.1, 0.15) is 220 Å². The highest BCUT2D eigenvalue weighted by Crippen LogP contribution is 2.14. The van der Waals surface area contributed by atoms with Gasteiger partial charge in [0.25, 0.3) is 0 Å². The van der Waals surface area contributed by atoms with Crippen molar-refractivity contribution >= 4 is 17.9 Å². The van der Waals surface area contributed by atoms with Gasteiger partial charge in [-0.25, -0.2) is 0 Å². The molecular formula is C56H92O6. The lowest BCUT2D eigenvalue weighted by Gasteiger charge is -2.18.